The van der Waals surface area contributed by atoms with Gasteiger partial charge in [0.2, 0.25) is 0 Å². The summed E-state index contributed by atoms with van der Waals surface area (Å²) in [6, 6.07) is 70.4. The molecule has 63 heavy (non-hydrogen) atoms. The molecule has 4 nitrogen and oxygen atoms in total. The largest absolute Gasteiger partial charge is 0.308 e. The Hall–Kier alpha value is -7.77. The van der Waals surface area contributed by atoms with Gasteiger partial charge in [0.1, 0.15) is 0 Å². The minimum Gasteiger partial charge on any atom is -0.308 e. The molecule has 0 radical (unpaired) electrons. The average molecular weight is 837 g/mol. The number of para-hydroxylation sites is 1. The van der Waals surface area contributed by atoms with Crippen LogP contribution in [0.3, 0.4) is 0 Å². The first-order valence-corrected chi connectivity index (χ1v) is 22.8. The molecule has 0 unspecified atom stereocenters. The number of hydrogen-bond acceptors (Lipinski definition) is 5. The van der Waals surface area contributed by atoms with Gasteiger partial charge in [0.15, 0.2) is 17.5 Å². The number of fused-ring (bicyclic) bond motifs is 12. The van der Waals surface area contributed by atoms with Gasteiger partial charge in [-0.05, 0) is 93.0 Å². The summed E-state index contributed by atoms with van der Waals surface area (Å²) < 4.78 is 7.36. The van der Waals surface area contributed by atoms with E-state index in [-0.39, 0.29) is 0 Å². The first-order valence-electron chi connectivity index (χ1n) is 21.2. The van der Waals surface area contributed by atoms with Gasteiger partial charge in [0, 0.05) is 67.8 Å². The maximum Gasteiger partial charge on any atom is 0.166 e. The molecule has 14 aromatic rings. The van der Waals surface area contributed by atoms with Crippen LogP contribution in [-0.4, -0.2) is 19.5 Å². The maximum absolute atomic E-state index is 5.57. The lowest BCUT2D eigenvalue weighted by molar-refractivity contribution is 1.07. The first kappa shape index (κ1) is 34.9. The average Bonchev–Trinajstić information content (AvgIpc) is 4.00. The second-order valence-electron chi connectivity index (χ2n) is 16.4. The molecule has 0 atom stereocenters. The lowest BCUT2D eigenvalue weighted by Crippen LogP contribution is -2.04. The van der Waals surface area contributed by atoms with Crippen molar-refractivity contribution in [1.29, 1.82) is 0 Å². The predicted octanol–water partition coefficient (Wildman–Crippen LogP) is 16.2. The lowest BCUT2D eigenvalue weighted by Gasteiger charge is -2.16. The van der Waals surface area contributed by atoms with Crippen molar-refractivity contribution in [2.75, 3.05) is 0 Å². The van der Waals surface area contributed by atoms with E-state index in [0.717, 1.165) is 38.8 Å². The molecule has 14 rings (SSSR count). The summed E-state index contributed by atoms with van der Waals surface area (Å²) in [5.41, 5.74) is 6.18. The summed E-state index contributed by atoms with van der Waals surface area (Å²) >= 11 is 3.65. The van der Waals surface area contributed by atoms with E-state index in [0.29, 0.717) is 17.5 Å². The van der Waals surface area contributed by atoms with Gasteiger partial charge in [0.25, 0.3) is 0 Å². The Morgan fingerprint density at radius 3 is 1.70 bits per heavy atom. The first-order chi connectivity index (χ1) is 31.2. The predicted molar refractivity (Wildman–Crippen MR) is 269 cm³/mol. The zero-order chi connectivity index (χ0) is 41.2. The molecule has 0 aliphatic rings. The van der Waals surface area contributed by atoms with Crippen LogP contribution in [0.5, 0.6) is 0 Å². The minimum atomic E-state index is 0.628. The third-order valence-electron chi connectivity index (χ3n) is 12.8. The van der Waals surface area contributed by atoms with E-state index in [1.54, 1.807) is 0 Å². The lowest BCUT2D eigenvalue weighted by atomic mass is 10.0. The summed E-state index contributed by atoms with van der Waals surface area (Å²) in [6.45, 7) is 0. The van der Waals surface area contributed by atoms with Gasteiger partial charge in [0.05, 0.1) is 16.7 Å². The van der Waals surface area contributed by atoms with Crippen LogP contribution in [0.4, 0.5) is 0 Å². The molecule has 0 spiro atoms. The number of thiophene rings is 2. The molecule has 10 aromatic carbocycles. The van der Waals surface area contributed by atoms with Crippen LogP contribution in [0.2, 0.25) is 0 Å². The molecule has 0 aliphatic heterocycles. The zero-order valence-electron chi connectivity index (χ0n) is 33.6. The van der Waals surface area contributed by atoms with Gasteiger partial charge >= 0.3 is 0 Å². The quantitative estimate of drug-likeness (QED) is 0.177. The Morgan fingerprint density at radius 1 is 0.317 bits per heavy atom. The van der Waals surface area contributed by atoms with Gasteiger partial charge in [-0.25, -0.2) is 15.0 Å². The molecule has 4 heterocycles. The van der Waals surface area contributed by atoms with Crippen molar-refractivity contribution in [3.63, 3.8) is 0 Å². The monoisotopic (exact) mass is 836 g/mol. The van der Waals surface area contributed by atoms with Gasteiger partial charge in [-0.15, -0.1) is 22.7 Å². The zero-order valence-corrected chi connectivity index (χ0v) is 35.2. The fourth-order valence-electron chi connectivity index (χ4n) is 9.81. The van der Waals surface area contributed by atoms with Crippen LogP contribution >= 0.6 is 22.7 Å². The third kappa shape index (κ3) is 5.35. The molecule has 0 N–H and O–H groups in total. The van der Waals surface area contributed by atoms with Crippen molar-refractivity contribution in [2.45, 2.75) is 0 Å². The molecular weight excluding hydrogens is 805 g/mol. The second kappa shape index (κ2) is 13.4. The highest BCUT2D eigenvalue weighted by atomic mass is 32.1. The number of aromatic nitrogens is 4. The third-order valence-corrected chi connectivity index (χ3v) is 15.0. The maximum atomic E-state index is 5.57. The van der Waals surface area contributed by atoms with E-state index in [4.69, 9.17) is 15.0 Å². The van der Waals surface area contributed by atoms with E-state index in [1.165, 1.54) is 78.0 Å². The Labute approximate surface area is 368 Å². The molecular formula is C57H32N4S2. The summed E-state index contributed by atoms with van der Waals surface area (Å²) in [5.74, 6) is 1.92. The molecule has 4 aromatic heterocycles. The number of benzene rings is 10. The summed E-state index contributed by atoms with van der Waals surface area (Å²) in [7, 11) is 0. The summed E-state index contributed by atoms with van der Waals surface area (Å²) in [5, 5.41) is 14.4. The van der Waals surface area contributed by atoms with Crippen LogP contribution < -0.4 is 0 Å². The molecule has 0 amide bonds. The van der Waals surface area contributed by atoms with Gasteiger partial charge in [-0.1, -0.05) is 133 Å². The minimum absolute atomic E-state index is 0.628. The fraction of sp³-hybridized carbons (Fsp3) is 0. The standard InChI is InChI=1S/C57H32N4S2/c1-2-13-34-26-39(25-24-33(34)12-1)55-58-56(42-20-11-23-51-54(42)41-19-8-10-22-50(41)62-51)60-57(59-55)46-31-45-44-28-36-15-4-6-17-38(36)30-52(44)63-53(45)32-49(46)61-47-21-9-7-18-40(47)43-27-35-14-3-5-16-37(35)29-48(43)61/h1-32H. The molecule has 6 heteroatoms. The fourth-order valence-corrected chi connectivity index (χ4v) is 12.1. The normalized spacial score (nSPS) is 12.1. The van der Waals surface area contributed by atoms with Gasteiger partial charge in [-0.3, -0.25) is 0 Å². The number of nitrogens with zero attached hydrogens (tertiary/aromatic N) is 4. The number of hydrogen-bond donors (Lipinski definition) is 0. The Bertz CT molecular complexity index is 4230. The molecule has 0 bridgehead atoms. The van der Waals surface area contributed by atoms with Gasteiger partial charge in [-0.2, -0.15) is 0 Å². The van der Waals surface area contributed by atoms with E-state index in [9.17, 15) is 0 Å². The number of rotatable bonds is 4. The van der Waals surface area contributed by atoms with Crippen molar-refractivity contribution >= 4 is 117 Å². The van der Waals surface area contributed by atoms with Crippen molar-refractivity contribution in [1.82, 2.24) is 19.5 Å². The van der Waals surface area contributed by atoms with Crippen LogP contribution in [0, 0.1) is 0 Å². The van der Waals surface area contributed by atoms with Crippen molar-refractivity contribution in [2.24, 2.45) is 0 Å². The Morgan fingerprint density at radius 2 is 0.889 bits per heavy atom. The highest BCUT2D eigenvalue weighted by Crippen LogP contribution is 2.45. The van der Waals surface area contributed by atoms with Crippen molar-refractivity contribution in [3.8, 4) is 39.9 Å². The highest BCUT2D eigenvalue weighted by Gasteiger charge is 2.23. The van der Waals surface area contributed by atoms with Crippen molar-refractivity contribution in [3.05, 3.63) is 194 Å². The highest BCUT2D eigenvalue weighted by molar-refractivity contribution is 7.26. The van der Waals surface area contributed by atoms with Crippen LogP contribution in [0.25, 0.3) is 134 Å². The molecule has 292 valence electrons. The topological polar surface area (TPSA) is 43.6 Å². The van der Waals surface area contributed by atoms with E-state index < -0.39 is 0 Å². The van der Waals surface area contributed by atoms with Gasteiger partial charge < -0.3 is 4.57 Å². The van der Waals surface area contributed by atoms with E-state index in [2.05, 4.69) is 199 Å². The van der Waals surface area contributed by atoms with Crippen LogP contribution in [-0.2, 0) is 0 Å². The SMILES string of the molecule is c1ccc2cc(-c3nc(-c4cc5c(cc4-n4c6ccccc6c6cc7ccccc7cc64)sc4cc6ccccc6cc45)nc(-c4cccc5sc6ccccc6c45)n3)ccc2c1. The smallest absolute Gasteiger partial charge is 0.166 e. The molecule has 0 fully saturated rings. The summed E-state index contributed by atoms with van der Waals surface area (Å²) in [4.78, 5) is 16.5. The Kier molecular flexibility index (Phi) is 7.40. The van der Waals surface area contributed by atoms with E-state index >= 15 is 0 Å². The second-order valence-corrected chi connectivity index (χ2v) is 18.5. The molecule has 0 saturated carbocycles. The molecule has 0 aliphatic carbocycles. The van der Waals surface area contributed by atoms with Crippen molar-refractivity contribution < 1.29 is 0 Å². The Balaban J connectivity index is 1.13. The molecule has 0 saturated heterocycles. The van der Waals surface area contributed by atoms with E-state index in [1.807, 2.05) is 22.7 Å². The van der Waals surface area contributed by atoms with Crippen LogP contribution in [0.1, 0.15) is 0 Å². The van der Waals surface area contributed by atoms with Crippen LogP contribution in [0.15, 0.2) is 194 Å². The summed E-state index contributed by atoms with van der Waals surface area (Å²) in [6.07, 6.45) is 0.